The lowest BCUT2D eigenvalue weighted by Gasteiger charge is -2.13. The summed E-state index contributed by atoms with van der Waals surface area (Å²) in [6.45, 7) is 1.73. The fourth-order valence-electron chi connectivity index (χ4n) is 1.62. The molecule has 1 heterocycles. The van der Waals surface area contributed by atoms with Crippen molar-refractivity contribution in [1.82, 2.24) is 4.98 Å². The molecule has 0 aliphatic heterocycles. The lowest BCUT2D eigenvalue weighted by Crippen LogP contribution is -2.15. The van der Waals surface area contributed by atoms with Gasteiger partial charge in [-0.25, -0.2) is 8.42 Å². The molecule has 0 aliphatic rings. The minimum absolute atomic E-state index is 0.0331. The highest BCUT2D eigenvalue weighted by molar-refractivity contribution is 7.93. The van der Waals surface area contributed by atoms with Crippen LogP contribution in [0.15, 0.2) is 35.5 Å². The van der Waals surface area contributed by atoms with Gasteiger partial charge in [0, 0.05) is 18.1 Å². The highest BCUT2D eigenvalue weighted by atomic mass is 35.5. The number of anilines is 2. The number of sulfonamides is 1. The maximum Gasteiger partial charge on any atom is 0.264 e. The fraction of sp³-hybridized carbons (Fsp3) is 0.0833. The topological polar surface area (TPSA) is 85.1 Å². The maximum atomic E-state index is 12.4. The molecule has 8 heteroatoms. The van der Waals surface area contributed by atoms with E-state index in [9.17, 15) is 8.42 Å². The maximum absolute atomic E-state index is 12.4. The van der Waals surface area contributed by atoms with Gasteiger partial charge in [-0.1, -0.05) is 23.2 Å². The van der Waals surface area contributed by atoms with E-state index in [0.717, 1.165) is 0 Å². The van der Waals surface area contributed by atoms with E-state index >= 15 is 0 Å². The zero-order valence-electron chi connectivity index (χ0n) is 10.4. The third-order valence-electron chi connectivity index (χ3n) is 2.55. The van der Waals surface area contributed by atoms with Gasteiger partial charge in [0.15, 0.2) is 0 Å². The van der Waals surface area contributed by atoms with Gasteiger partial charge in [-0.05, 0) is 30.7 Å². The van der Waals surface area contributed by atoms with Crippen molar-refractivity contribution in [2.24, 2.45) is 0 Å². The van der Waals surface area contributed by atoms with Gasteiger partial charge in [0.1, 0.15) is 4.90 Å². The highest BCUT2D eigenvalue weighted by Gasteiger charge is 2.23. The molecule has 3 N–H and O–H groups in total. The number of pyridine rings is 1. The van der Waals surface area contributed by atoms with Crippen LogP contribution in [0.3, 0.4) is 0 Å². The minimum atomic E-state index is -3.91. The normalized spacial score (nSPS) is 11.3. The van der Waals surface area contributed by atoms with Crippen LogP contribution in [0.1, 0.15) is 5.56 Å². The molecule has 0 radical (unpaired) electrons. The smallest absolute Gasteiger partial charge is 0.264 e. The molecule has 0 amide bonds. The summed E-state index contributed by atoms with van der Waals surface area (Å²) in [6, 6.07) is 4.22. The van der Waals surface area contributed by atoms with Gasteiger partial charge in [-0.2, -0.15) is 0 Å². The molecule has 0 fully saturated rings. The third-order valence-corrected chi connectivity index (χ3v) is 4.84. The average Bonchev–Trinajstić information content (AvgIpc) is 2.30. The second-order valence-electron chi connectivity index (χ2n) is 4.11. The van der Waals surface area contributed by atoms with Crippen molar-refractivity contribution < 1.29 is 8.42 Å². The lowest BCUT2D eigenvalue weighted by molar-refractivity contribution is 0.601. The Kier molecular flexibility index (Phi) is 4.08. The predicted octanol–water partition coefficient (Wildman–Crippen LogP) is 3.08. The first-order valence-electron chi connectivity index (χ1n) is 5.49. The second kappa shape index (κ2) is 5.47. The molecule has 0 saturated heterocycles. The van der Waals surface area contributed by atoms with Crippen LogP contribution >= 0.6 is 23.2 Å². The first kappa shape index (κ1) is 14.9. The molecule has 1 aromatic heterocycles. The number of benzene rings is 1. The predicted molar refractivity (Wildman–Crippen MR) is 80.7 cm³/mol. The Morgan fingerprint density at radius 1 is 1.25 bits per heavy atom. The summed E-state index contributed by atoms with van der Waals surface area (Å²) in [5, 5.41) is -0.0663. The van der Waals surface area contributed by atoms with E-state index in [1.54, 1.807) is 19.2 Å². The number of halogens is 2. The molecule has 0 saturated carbocycles. The van der Waals surface area contributed by atoms with Gasteiger partial charge in [0.2, 0.25) is 0 Å². The van der Waals surface area contributed by atoms with Gasteiger partial charge >= 0.3 is 0 Å². The van der Waals surface area contributed by atoms with Crippen molar-refractivity contribution in [3.63, 3.8) is 0 Å². The summed E-state index contributed by atoms with van der Waals surface area (Å²) in [5.74, 6) is 0. The van der Waals surface area contributed by atoms with E-state index in [2.05, 4.69) is 9.71 Å². The standard InChI is InChI=1S/C12H11Cl2N3O2S/c1-7-6-16-3-2-11(7)17-20(18,19)12-9(13)4-8(15)5-10(12)14/h2-6H,15H2,1H3,(H,16,17). The van der Waals surface area contributed by atoms with Gasteiger partial charge in [0.05, 0.1) is 15.7 Å². The van der Waals surface area contributed by atoms with Gasteiger partial charge in [-0.15, -0.1) is 0 Å². The van der Waals surface area contributed by atoms with Crippen molar-refractivity contribution >= 4 is 44.6 Å². The average molecular weight is 332 g/mol. The van der Waals surface area contributed by atoms with Crippen molar-refractivity contribution in [3.05, 3.63) is 46.2 Å². The molecule has 0 aliphatic carbocycles. The number of rotatable bonds is 3. The molecule has 106 valence electrons. The number of hydrogen-bond donors (Lipinski definition) is 2. The van der Waals surface area contributed by atoms with Gasteiger partial charge < -0.3 is 5.73 Å². The van der Waals surface area contributed by atoms with E-state index < -0.39 is 10.0 Å². The van der Waals surface area contributed by atoms with Gasteiger partial charge in [-0.3, -0.25) is 9.71 Å². The summed E-state index contributed by atoms with van der Waals surface area (Å²) in [6.07, 6.45) is 3.03. The molecule has 20 heavy (non-hydrogen) atoms. The summed E-state index contributed by atoms with van der Waals surface area (Å²) >= 11 is 11.9. The molecule has 2 rings (SSSR count). The number of aryl methyl sites for hydroxylation is 1. The van der Waals surface area contributed by atoms with Crippen LogP contribution in [0.5, 0.6) is 0 Å². The number of nitrogens with one attached hydrogen (secondary N) is 1. The molecule has 1 aromatic carbocycles. The Morgan fingerprint density at radius 3 is 2.40 bits per heavy atom. The first-order valence-corrected chi connectivity index (χ1v) is 7.73. The number of nitrogen functional groups attached to an aromatic ring is 1. The molecular weight excluding hydrogens is 321 g/mol. The van der Waals surface area contributed by atoms with Crippen LogP contribution in [-0.2, 0) is 10.0 Å². The van der Waals surface area contributed by atoms with Crippen molar-refractivity contribution in [2.45, 2.75) is 11.8 Å². The second-order valence-corrected chi connectivity index (χ2v) is 6.54. The Bertz CT molecular complexity index is 740. The van der Waals surface area contributed by atoms with Crippen LogP contribution in [-0.4, -0.2) is 13.4 Å². The summed E-state index contributed by atoms with van der Waals surface area (Å²) < 4.78 is 27.2. The van der Waals surface area contributed by atoms with E-state index in [4.69, 9.17) is 28.9 Å². The van der Waals surface area contributed by atoms with Crippen LogP contribution in [0.4, 0.5) is 11.4 Å². The monoisotopic (exact) mass is 331 g/mol. The lowest BCUT2D eigenvalue weighted by atomic mass is 10.3. The number of nitrogens with two attached hydrogens (primary N) is 1. The highest BCUT2D eigenvalue weighted by Crippen LogP contribution is 2.33. The molecule has 0 atom stereocenters. The van der Waals surface area contributed by atoms with Crippen molar-refractivity contribution in [2.75, 3.05) is 10.5 Å². The molecule has 2 aromatic rings. The molecule has 0 spiro atoms. The Hall–Kier alpha value is -1.50. The molecule has 5 nitrogen and oxygen atoms in total. The Balaban J connectivity index is 2.50. The molecular formula is C12H11Cl2N3O2S. The number of nitrogens with zero attached hydrogens (tertiary/aromatic N) is 1. The number of aromatic nitrogens is 1. The van der Waals surface area contributed by atoms with Crippen molar-refractivity contribution in [1.29, 1.82) is 0 Å². The summed E-state index contributed by atoms with van der Waals surface area (Å²) in [7, 11) is -3.91. The largest absolute Gasteiger partial charge is 0.399 e. The fourth-order valence-corrected chi connectivity index (χ4v) is 3.99. The Morgan fingerprint density at radius 2 is 1.85 bits per heavy atom. The Labute approximate surface area is 126 Å². The summed E-state index contributed by atoms with van der Waals surface area (Å²) in [4.78, 5) is 3.69. The van der Waals surface area contributed by atoms with Crippen LogP contribution < -0.4 is 10.5 Å². The zero-order valence-corrected chi connectivity index (χ0v) is 12.7. The molecule has 0 unspecified atom stereocenters. The van der Waals surface area contributed by atoms with Crippen LogP contribution in [0, 0.1) is 6.92 Å². The third kappa shape index (κ3) is 2.98. The van der Waals surface area contributed by atoms with Crippen molar-refractivity contribution in [3.8, 4) is 0 Å². The first-order chi connectivity index (χ1) is 9.31. The molecule has 0 bridgehead atoms. The van der Waals surface area contributed by atoms with Crippen LogP contribution in [0.2, 0.25) is 10.0 Å². The van der Waals surface area contributed by atoms with E-state index in [1.807, 2.05) is 0 Å². The minimum Gasteiger partial charge on any atom is -0.399 e. The summed E-state index contributed by atoms with van der Waals surface area (Å²) in [5.41, 5.74) is 6.93. The van der Waals surface area contributed by atoms with Gasteiger partial charge in [0.25, 0.3) is 10.0 Å². The van der Waals surface area contributed by atoms with E-state index in [0.29, 0.717) is 16.9 Å². The quantitative estimate of drug-likeness (QED) is 0.846. The number of hydrogen-bond acceptors (Lipinski definition) is 4. The van der Waals surface area contributed by atoms with E-state index in [-0.39, 0.29) is 14.9 Å². The van der Waals surface area contributed by atoms with E-state index in [1.165, 1.54) is 18.3 Å². The van der Waals surface area contributed by atoms with Crippen LogP contribution in [0.25, 0.3) is 0 Å². The zero-order chi connectivity index (χ0) is 14.9. The SMILES string of the molecule is Cc1cnccc1NS(=O)(=O)c1c(Cl)cc(N)cc1Cl.